The van der Waals surface area contributed by atoms with Gasteiger partial charge in [-0.25, -0.2) is 0 Å². The van der Waals surface area contributed by atoms with Crippen LogP contribution in [0.4, 0.5) is 0 Å². The molecular formula is C18H27IN4O2. The van der Waals surface area contributed by atoms with Crippen LogP contribution in [0.25, 0.3) is 0 Å². The lowest BCUT2D eigenvalue weighted by molar-refractivity contribution is -0.131. The zero-order valence-electron chi connectivity index (χ0n) is 14.4. The minimum Gasteiger partial charge on any atom is -0.376 e. The van der Waals surface area contributed by atoms with Gasteiger partial charge in [-0.15, -0.1) is 24.0 Å². The number of benzene rings is 1. The molecule has 138 valence electrons. The van der Waals surface area contributed by atoms with Crippen molar-refractivity contribution < 1.29 is 9.53 Å². The summed E-state index contributed by atoms with van der Waals surface area (Å²) in [5.41, 5.74) is 8.35. The maximum atomic E-state index is 12.3. The van der Waals surface area contributed by atoms with Gasteiger partial charge in [-0.1, -0.05) is 24.3 Å². The molecule has 2 aliphatic heterocycles. The third kappa shape index (κ3) is 5.85. The molecule has 0 aliphatic carbocycles. The lowest BCUT2D eigenvalue weighted by Gasteiger charge is -2.15. The second kappa shape index (κ2) is 9.96. The summed E-state index contributed by atoms with van der Waals surface area (Å²) >= 11 is 0. The van der Waals surface area contributed by atoms with Crippen LogP contribution >= 0.6 is 24.0 Å². The highest BCUT2D eigenvalue weighted by Crippen LogP contribution is 2.22. The number of carbonyl (C=O) groups excluding carboxylic acids is 1. The summed E-state index contributed by atoms with van der Waals surface area (Å²) in [6, 6.07) is 8.23. The van der Waals surface area contributed by atoms with Crippen molar-refractivity contribution >= 4 is 35.8 Å². The van der Waals surface area contributed by atoms with Gasteiger partial charge in [0.05, 0.1) is 12.6 Å². The SMILES string of the molecule is I.NC(=NCC1CCCO1)NCCCC(=O)N1Cc2ccccc2C1. The topological polar surface area (TPSA) is 80.0 Å². The Labute approximate surface area is 166 Å². The van der Waals surface area contributed by atoms with Gasteiger partial charge in [-0.3, -0.25) is 9.79 Å². The highest BCUT2D eigenvalue weighted by Gasteiger charge is 2.22. The molecule has 3 N–H and O–H groups in total. The maximum Gasteiger partial charge on any atom is 0.223 e. The van der Waals surface area contributed by atoms with Crippen LogP contribution in [0.5, 0.6) is 0 Å². The first kappa shape index (κ1) is 20.0. The zero-order valence-corrected chi connectivity index (χ0v) is 16.8. The summed E-state index contributed by atoms with van der Waals surface area (Å²) in [6.45, 7) is 3.56. The van der Waals surface area contributed by atoms with E-state index < -0.39 is 0 Å². The van der Waals surface area contributed by atoms with Gasteiger partial charge in [0.15, 0.2) is 5.96 Å². The quantitative estimate of drug-likeness (QED) is 0.296. The molecule has 6 nitrogen and oxygen atoms in total. The van der Waals surface area contributed by atoms with Gasteiger partial charge in [0.2, 0.25) is 5.91 Å². The van der Waals surface area contributed by atoms with Crippen molar-refractivity contribution in [1.29, 1.82) is 0 Å². The maximum absolute atomic E-state index is 12.3. The molecule has 1 aromatic rings. The van der Waals surface area contributed by atoms with E-state index in [-0.39, 0.29) is 36.0 Å². The van der Waals surface area contributed by atoms with E-state index in [9.17, 15) is 4.79 Å². The standard InChI is InChI=1S/C18H26N4O2.HI/c19-18(21-11-16-7-4-10-24-16)20-9-3-8-17(23)22-12-14-5-1-2-6-15(14)13-22;/h1-2,5-6,16H,3-4,7-13H2,(H3,19,20,21);1H. The number of rotatable bonds is 6. The molecule has 0 aromatic heterocycles. The first-order valence-electron chi connectivity index (χ1n) is 8.72. The van der Waals surface area contributed by atoms with Gasteiger partial charge in [0.1, 0.15) is 0 Å². The Kier molecular flexibility index (Phi) is 7.95. The molecule has 1 saturated heterocycles. The molecular weight excluding hydrogens is 431 g/mol. The molecule has 2 heterocycles. The van der Waals surface area contributed by atoms with Crippen molar-refractivity contribution in [3.63, 3.8) is 0 Å². The van der Waals surface area contributed by atoms with Crippen molar-refractivity contribution in [2.75, 3.05) is 19.7 Å². The number of carbonyl (C=O) groups is 1. The fourth-order valence-corrected chi connectivity index (χ4v) is 3.17. The van der Waals surface area contributed by atoms with Crippen molar-refractivity contribution in [3.8, 4) is 0 Å². The fraction of sp³-hybridized carbons (Fsp3) is 0.556. The van der Waals surface area contributed by atoms with Crippen LogP contribution in [-0.2, 0) is 22.6 Å². The molecule has 25 heavy (non-hydrogen) atoms. The Morgan fingerprint density at radius 2 is 2.04 bits per heavy atom. The smallest absolute Gasteiger partial charge is 0.223 e. The van der Waals surface area contributed by atoms with Gasteiger partial charge in [0, 0.05) is 32.7 Å². The molecule has 0 bridgehead atoms. The molecule has 2 aliphatic rings. The molecule has 7 heteroatoms. The second-order valence-corrected chi connectivity index (χ2v) is 6.41. The van der Waals surface area contributed by atoms with E-state index in [0.717, 1.165) is 39.0 Å². The first-order chi connectivity index (χ1) is 11.7. The van der Waals surface area contributed by atoms with E-state index in [4.69, 9.17) is 10.5 Å². The van der Waals surface area contributed by atoms with Gasteiger partial charge >= 0.3 is 0 Å². The Balaban J connectivity index is 0.00000225. The minimum atomic E-state index is 0. The molecule has 3 rings (SSSR count). The lowest BCUT2D eigenvalue weighted by Crippen LogP contribution is -2.34. The Morgan fingerprint density at radius 3 is 2.68 bits per heavy atom. The van der Waals surface area contributed by atoms with Crippen LogP contribution in [0.15, 0.2) is 29.3 Å². The number of fused-ring (bicyclic) bond motifs is 1. The fourth-order valence-electron chi connectivity index (χ4n) is 3.17. The molecule has 1 unspecified atom stereocenters. The molecule has 1 aromatic carbocycles. The Morgan fingerprint density at radius 1 is 1.32 bits per heavy atom. The molecule has 0 spiro atoms. The molecule has 1 atom stereocenters. The van der Waals surface area contributed by atoms with E-state index in [2.05, 4.69) is 22.4 Å². The number of ether oxygens (including phenoxy) is 1. The van der Waals surface area contributed by atoms with Crippen LogP contribution in [0.2, 0.25) is 0 Å². The van der Waals surface area contributed by atoms with Gasteiger partial charge in [-0.05, 0) is 30.4 Å². The highest BCUT2D eigenvalue weighted by atomic mass is 127. The molecule has 1 amide bonds. The zero-order chi connectivity index (χ0) is 16.8. The predicted octanol–water partition coefficient (Wildman–Crippen LogP) is 2.01. The van der Waals surface area contributed by atoms with E-state index in [1.54, 1.807) is 0 Å². The summed E-state index contributed by atoms with van der Waals surface area (Å²) in [6.07, 6.45) is 3.66. The largest absolute Gasteiger partial charge is 0.376 e. The normalized spacial score (nSPS) is 19.4. The van der Waals surface area contributed by atoms with Gasteiger partial charge in [-0.2, -0.15) is 0 Å². The number of hydrogen-bond donors (Lipinski definition) is 2. The summed E-state index contributed by atoms with van der Waals surface area (Å²) in [5, 5.41) is 3.07. The number of nitrogens with one attached hydrogen (secondary N) is 1. The number of aliphatic imine (C=N–C) groups is 1. The van der Waals surface area contributed by atoms with Crippen molar-refractivity contribution in [1.82, 2.24) is 10.2 Å². The number of amides is 1. The van der Waals surface area contributed by atoms with E-state index >= 15 is 0 Å². The Bertz CT molecular complexity index is 577. The van der Waals surface area contributed by atoms with Crippen molar-refractivity contribution in [2.45, 2.75) is 44.9 Å². The number of halogens is 1. The van der Waals surface area contributed by atoms with Crippen LogP contribution in [-0.4, -0.2) is 42.6 Å². The van der Waals surface area contributed by atoms with E-state index in [1.165, 1.54) is 11.1 Å². The molecule has 1 fully saturated rings. The van der Waals surface area contributed by atoms with Crippen LogP contribution < -0.4 is 11.1 Å². The first-order valence-corrected chi connectivity index (χ1v) is 8.72. The van der Waals surface area contributed by atoms with Crippen LogP contribution in [0, 0.1) is 0 Å². The molecule has 0 radical (unpaired) electrons. The minimum absolute atomic E-state index is 0. The molecule has 0 saturated carbocycles. The monoisotopic (exact) mass is 458 g/mol. The van der Waals surface area contributed by atoms with Crippen LogP contribution in [0.3, 0.4) is 0 Å². The van der Waals surface area contributed by atoms with Crippen molar-refractivity contribution in [2.24, 2.45) is 10.7 Å². The van der Waals surface area contributed by atoms with E-state index in [1.807, 2.05) is 17.0 Å². The van der Waals surface area contributed by atoms with Crippen LogP contribution in [0.1, 0.15) is 36.8 Å². The highest BCUT2D eigenvalue weighted by molar-refractivity contribution is 14.0. The predicted molar refractivity (Wildman–Crippen MR) is 109 cm³/mol. The van der Waals surface area contributed by atoms with Crippen molar-refractivity contribution in [3.05, 3.63) is 35.4 Å². The number of hydrogen-bond acceptors (Lipinski definition) is 3. The average Bonchev–Trinajstić information content (AvgIpc) is 3.25. The summed E-state index contributed by atoms with van der Waals surface area (Å²) < 4.78 is 5.50. The van der Waals surface area contributed by atoms with Gasteiger partial charge in [0.25, 0.3) is 0 Å². The number of guanidine groups is 1. The third-order valence-corrected chi connectivity index (χ3v) is 4.56. The third-order valence-electron chi connectivity index (χ3n) is 4.56. The summed E-state index contributed by atoms with van der Waals surface area (Å²) in [4.78, 5) is 18.5. The van der Waals surface area contributed by atoms with E-state index in [0.29, 0.717) is 25.5 Å². The van der Waals surface area contributed by atoms with Gasteiger partial charge < -0.3 is 20.7 Å². The summed E-state index contributed by atoms with van der Waals surface area (Å²) in [7, 11) is 0. The number of nitrogens with zero attached hydrogens (tertiary/aromatic N) is 2. The average molecular weight is 458 g/mol. The Hall–Kier alpha value is -1.35. The number of nitrogens with two attached hydrogens (primary N) is 1. The second-order valence-electron chi connectivity index (χ2n) is 6.41. The lowest BCUT2D eigenvalue weighted by atomic mass is 10.1. The summed E-state index contributed by atoms with van der Waals surface area (Å²) in [5.74, 6) is 0.634.